The van der Waals surface area contributed by atoms with Gasteiger partial charge in [-0.05, 0) is 54.1 Å². The Kier molecular flexibility index (Phi) is 7.29. The molecule has 2 aliphatic heterocycles. The minimum absolute atomic E-state index is 0.0571. The van der Waals surface area contributed by atoms with E-state index in [9.17, 15) is 0 Å². The summed E-state index contributed by atoms with van der Waals surface area (Å²) >= 11 is 3.67. The molecule has 0 aromatic heterocycles. The van der Waals surface area contributed by atoms with E-state index in [2.05, 4.69) is 64.3 Å². The Labute approximate surface area is 188 Å². The number of hydrogen-bond donors (Lipinski definition) is 1. The van der Waals surface area contributed by atoms with Crippen LogP contribution in [0.4, 0.5) is 0 Å². The van der Waals surface area contributed by atoms with Crippen molar-refractivity contribution in [2.45, 2.75) is 27.1 Å². The van der Waals surface area contributed by atoms with Crippen LogP contribution >= 0.6 is 23.5 Å². The van der Waals surface area contributed by atoms with E-state index in [4.69, 9.17) is 9.84 Å². The molecule has 1 fully saturated rings. The number of fused-ring (bicyclic) bond motifs is 2. The first kappa shape index (κ1) is 21.6. The van der Waals surface area contributed by atoms with Crippen LogP contribution in [0.5, 0.6) is 5.75 Å². The highest BCUT2D eigenvalue weighted by Crippen LogP contribution is 2.45. The van der Waals surface area contributed by atoms with Gasteiger partial charge in [0, 0.05) is 46.9 Å². The third kappa shape index (κ3) is 4.82. The summed E-state index contributed by atoms with van der Waals surface area (Å²) in [5.74, 6) is 6.73. The quantitative estimate of drug-likeness (QED) is 0.576. The van der Waals surface area contributed by atoms with Gasteiger partial charge in [0.15, 0.2) is 0 Å². The van der Waals surface area contributed by atoms with Gasteiger partial charge in [0.25, 0.3) is 0 Å². The third-order valence-electron chi connectivity index (χ3n) is 5.84. The van der Waals surface area contributed by atoms with Gasteiger partial charge in [0.05, 0.1) is 13.7 Å². The second-order valence-electron chi connectivity index (χ2n) is 7.52. The molecule has 0 amide bonds. The molecule has 0 bridgehead atoms. The number of ether oxygens (including phenoxy) is 1. The number of rotatable bonds is 4. The van der Waals surface area contributed by atoms with Crippen molar-refractivity contribution in [1.82, 2.24) is 9.80 Å². The van der Waals surface area contributed by atoms with Gasteiger partial charge in [-0.25, -0.2) is 0 Å². The minimum Gasteiger partial charge on any atom is -0.497 e. The first-order chi connectivity index (χ1) is 14.7. The lowest BCUT2D eigenvalue weighted by Crippen LogP contribution is -2.48. The average molecular weight is 441 g/mol. The van der Waals surface area contributed by atoms with Crippen LogP contribution < -0.4 is 4.74 Å². The number of thioether (sulfide) groups is 1. The monoisotopic (exact) mass is 440 g/mol. The molecule has 1 unspecified atom stereocenters. The molecule has 6 heteroatoms. The predicted molar refractivity (Wildman–Crippen MR) is 125 cm³/mol. The van der Waals surface area contributed by atoms with Gasteiger partial charge in [-0.1, -0.05) is 29.7 Å². The fourth-order valence-corrected chi connectivity index (χ4v) is 5.74. The molecule has 158 valence electrons. The number of piperazine rings is 1. The zero-order valence-electron chi connectivity index (χ0n) is 17.6. The molecule has 30 heavy (non-hydrogen) atoms. The second-order valence-corrected chi connectivity index (χ2v) is 9.49. The van der Waals surface area contributed by atoms with Crippen molar-refractivity contribution in [2.24, 2.45) is 0 Å². The molecule has 1 N–H and O–H groups in total. The molecule has 0 radical (unpaired) electrons. The maximum atomic E-state index is 8.87. The summed E-state index contributed by atoms with van der Waals surface area (Å²) in [6.07, 6.45) is 3.16. The van der Waals surface area contributed by atoms with Crippen LogP contribution in [0.2, 0.25) is 0 Å². The van der Waals surface area contributed by atoms with Crippen molar-refractivity contribution in [3.8, 4) is 17.6 Å². The lowest BCUT2D eigenvalue weighted by molar-refractivity contribution is 0.102. The summed E-state index contributed by atoms with van der Waals surface area (Å²) in [6.45, 7) is 4.77. The third-order valence-corrected chi connectivity index (χ3v) is 7.75. The molecule has 0 saturated carbocycles. The molecule has 0 aliphatic carbocycles. The van der Waals surface area contributed by atoms with Crippen LogP contribution in [0.1, 0.15) is 17.2 Å². The van der Waals surface area contributed by atoms with Crippen molar-refractivity contribution >= 4 is 23.5 Å². The zero-order valence-corrected chi connectivity index (χ0v) is 19.2. The number of hydrogen-bond acceptors (Lipinski definition) is 6. The molecule has 2 aromatic rings. The molecule has 2 aromatic carbocycles. The van der Waals surface area contributed by atoms with E-state index in [-0.39, 0.29) is 6.61 Å². The minimum atomic E-state index is -0.0571. The number of aliphatic hydroxyl groups excluding tert-OH is 1. The highest BCUT2D eigenvalue weighted by atomic mass is 32.2. The Hall–Kier alpha value is -1.62. The Morgan fingerprint density at radius 2 is 1.93 bits per heavy atom. The van der Waals surface area contributed by atoms with Gasteiger partial charge >= 0.3 is 0 Å². The second kappa shape index (κ2) is 10.1. The van der Waals surface area contributed by atoms with Gasteiger partial charge < -0.3 is 9.84 Å². The maximum absolute atomic E-state index is 8.87. The van der Waals surface area contributed by atoms with Crippen LogP contribution in [0.25, 0.3) is 0 Å². The van der Waals surface area contributed by atoms with Crippen LogP contribution in [0.15, 0.2) is 51.1 Å². The number of nitrogens with zero attached hydrogens (tertiary/aromatic N) is 2. The van der Waals surface area contributed by atoms with E-state index < -0.39 is 0 Å². The zero-order chi connectivity index (χ0) is 20.9. The van der Waals surface area contributed by atoms with Crippen LogP contribution in [0.3, 0.4) is 0 Å². The fraction of sp³-hybridized carbons (Fsp3) is 0.417. The van der Waals surface area contributed by atoms with Crippen molar-refractivity contribution in [1.29, 1.82) is 0 Å². The molecular weight excluding hydrogens is 412 g/mol. The highest BCUT2D eigenvalue weighted by Gasteiger charge is 2.30. The molecule has 1 atom stereocenters. The van der Waals surface area contributed by atoms with Crippen LogP contribution in [0, 0.1) is 11.8 Å². The standard InChI is InChI=1S/C24H28N2O2S2/c1-28-19-6-5-18-15-22(26-12-10-25(11-13-26)9-3-4-14-27)21-17-20(29-2)7-8-23(21)30-24(18)16-19/h5-8,16-17,22,27H,9-15H2,1-2H3. The number of benzene rings is 2. The normalized spacial score (nSPS) is 19.2. The van der Waals surface area contributed by atoms with Crippen molar-refractivity contribution in [2.75, 3.05) is 52.7 Å². The number of aliphatic hydroxyl groups is 1. The first-order valence-electron chi connectivity index (χ1n) is 10.3. The fourth-order valence-electron chi connectivity index (χ4n) is 4.15. The van der Waals surface area contributed by atoms with Crippen molar-refractivity contribution < 1.29 is 9.84 Å². The van der Waals surface area contributed by atoms with E-state index in [0.717, 1.165) is 44.9 Å². The largest absolute Gasteiger partial charge is 0.497 e. The van der Waals surface area contributed by atoms with Gasteiger partial charge in [-0.3, -0.25) is 9.80 Å². The Balaban J connectivity index is 1.61. The summed E-state index contributed by atoms with van der Waals surface area (Å²) in [5.41, 5.74) is 2.83. The summed E-state index contributed by atoms with van der Waals surface area (Å²) in [7, 11) is 1.73. The molecule has 4 rings (SSSR count). The van der Waals surface area contributed by atoms with Gasteiger partial charge in [-0.15, -0.1) is 11.8 Å². The average Bonchev–Trinajstić information content (AvgIpc) is 2.95. The van der Waals surface area contributed by atoms with E-state index in [1.165, 1.54) is 25.8 Å². The van der Waals surface area contributed by atoms with Gasteiger partial charge in [0.1, 0.15) is 12.4 Å². The SMILES string of the molecule is COc1ccc2c(c1)Sc1ccc(SC)cc1C(N1CCN(CC#CCO)CC1)C2. The van der Waals surface area contributed by atoms with E-state index in [1.54, 1.807) is 7.11 Å². The summed E-state index contributed by atoms with van der Waals surface area (Å²) in [5, 5.41) is 8.87. The van der Waals surface area contributed by atoms with Crippen molar-refractivity contribution in [3.63, 3.8) is 0 Å². The number of methoxy groups -OCH3 is 1. The lowest BCUT2D eigenvalue weighted by Gasteiger charge is -2.39. The summed E-state index contributed by atoms with van der Waals surface area (Å²) in [6, 6.07) is 13.8. The molecule has 2 aliphatic rings. The van der Waals surface area contributed by atoms with Crippen LogP contribution in [-0.4, -0.2) is 67.6 Å². The van der Waals surface area contributed by atoms with Crippen molar-refractivity contribution in [3.05, 3.63) is 47.5 Å². The first-order valence-corrected chi connectivity index (χ1v) is 12.3. The molecule has 1 saturated heterocycles. The highest BCUT2D eigenvalue weighted by molar-refractivity contribution is 7.99. The lowest BCUT2D eigenvalue weighted by atomic mass is 9.96. The molecule has 2 heterocycles. The molecular formula is C24H28N2O2S2. The van der Waals surface area contributed by atoms with E-state index in [0.29, 0.717) is 6.04 Å². The van der Waals surface area contributed by atoms with Gasteiger partial charge in [0.2, 0.25) is 0 Å². The van der Waals surface area contributed by atoms with Gasteiger partial charge in [-0.2, -0.15) is 0 Å². The summed E-state index contributed by atoms with van der Waals surface area (Å²) in [4.78, 5) is 8.98. The molecule has 4 nitrogen and oxygen atoms in total. The van der Waals surface area contributed by atoms with Crippen LogP contribution in [-0.2, 0) is 6.42 Å². The topological polar surface area (TPSA) is 35.9 Å². The predicted octanol–water partition coefficient (Wildman–Crippen LogP) is 3.78. The van der Waals surface area contributed by atoms with E-state index >= 15 is 0 Å². The van der Waals surface area contributed by atoms with E-state index in [1.807, 2.05) is 23.5 Å². The molecule has 0 spiro atoms. The Morgan fingerprint density at radius 3 is 2.67 bits per heavy atom. The Morgan fingerprint density at radius 1 is 1.10 bits per heavy atom. The summed E-state index contributed by atoms with van der Waals surface area (Å²) < 4.78 is 5.48. The Bertz CT molecular complexity index is 946. The smallest absolute Gasteiger partial charge is 0.120 e. The maximum Gasteiger partial charge on any atom is 0.120 e.